The summed E-state index contributed by atoms with van der Waals surface area (Å²) in [6.07, 6.45) is -2.72. The summed E-state index contributed by atoms with van der Waals surface area (Å²) >= 11 is 0. The van der Waals surface area contributed by atoms with Crippen LogP contribution in [0.5, 0.6) is 0 Å². The summed E-state index contributed by atoms with van der Waals surface area (Å²) in [5.41, 5.74) is 1.36. The zero-order chi connectivity index (χ0) is 14.8. The van der Waals surface area contributed by atoms with Gasteiger partial charge in [-0.2, -0.15) is 13.2 Å². The summed E-state index contributed by atoms with van der Waals surface area (Å²) < 4.78 is 43.5. The van der Waals surface area contributed by atoms with Gasteiger partial charge in [-0.25, -0.2) is 5.84 Å². The molecule has 9 heteroatoms. The molecule has 0 aliphatic carbocycles. The van der Waals surface area contributed by atoms with Crippen LogP contribution in [0, 0.1) is 0 Å². The molecular weight excluding hydrogens is 277 g/mol. The van der Waals surface area contributed by atoms with Crippen molar-refractivity contribution in [3.63, 3.8) is 0 Å². The minimum absolute atomic E-state index is 0.242. The maximum Gasteiger partial charge on any atom is 0.417 e. The van der Waals surface area contributed by atoms with Gasteiger partial charge in [0.25, 0.3) is 5.91 Å². The lowest BCUT2D eigenvalue weighted by atomic mass is 10.0. The molecule has 112 valence electrons. The number of hydrogen-bond donors (Lipinski definition) is 3. The fourth-order valence-electron chi connectivity index (χ4n) is 2.10. The highest BCUT2D eigenvalue weighted by Crippen LogP contribution is 2.30. The number of amides is 1. The van der Waals surface area contributed by atoms with Gasteiger partial charge in [0.2, 0.25) is 0 Å². The van der Waals surface area contributed by atoms with Gasteiger partial charge in [-0.05, 0) is 6.08 Å². The Labute approximate surface area is 113 Å². The minimum Gasteiger partial charge on any atom is -0.378 e. The molecule has 0 radical (unpaired) electrons. The largest absolute Gasteiger partial charge is 0.417 e. The maximum atomic E-state index is 12.8. The lowest BCUT2D eigenvalue weighted by Gasteiger charge is -2.36. The number of allylic oxidation sites excluding steroid dienone is 2. The first-order valence-corrected chi connectivity index (χ1v) is 6.01. The van der Waals surface area contributed by atoms with Crippen molar-refractivity contribution >= 4 is 5.91 Å². The molecule has 2 rings (SSSR count). The highest BCUT2D eigenvalue weighted by molar-refractivity contribution is 5.85. The number of hydrazine groups is 1. The lowest BCUT2D eigenvalue weighted by molar-refractivity contribution is -0.123. The third-order valence-corrected chi connectivity index (χ3v) is 3.11. The van der Waals surface area contributed by atoms with Gasteiger partial charge < -0.3 is 15.0 Å². The number of rotatable bonds is 2. The van der Waals surface area contributed by atoms with Crippen LogP contribution in [0.15, 0.2) is 23.5 Å². The molecule has 1 unspecified atom stereocenters. The van der Waals surface area contributed by atoms with E-state index in [1.165, 1.54) is 0 Å². The van der Waals surface area contributed by atoms with E-state index >= 15 is 0 Å². The van der Waals surface area contributed by atoms with Crippen molar-refractivity contribution < 1.29 is 22.7 Å². The van der Waals surface area contributed by atoms with Crippen LogP contribution in [0.4, 0.5) is 13.2 Å². The first-order valence-electron chi connectivity index (χ1n) is 6.01. The van der Waals surface area contributed by atoms with E-state index in [4.69, 9.17) is 10.6 Å². The molecule has 0 spiro atoms. The molecule has 4 N–H and O–H groups in total. The Kier molecular flexibility index (Phi) is 4.19. The van der Waals surface area contributed by atoms with Crippen molar-refractivity contribution in [3.05, 3.63) is 23.5 Å². The topological polar surface area (TPSA) is 79.6 Å². The van der Waals surface area contributed by atoms with Gasteiger partial charge in [0.1, 0.15) is 6.04 Å². The lowest BCUT2D eigenvalue weighted by Crippen LogP contribution is -2.52. The van der Waals surface area contributed by atoms with E-state index < -0.39 is 23.7 Å². The van der Waals surface area contributed by atoms with Gasteiger partial charge in [0.05, 0.1) is 18.8 Å². The van der Waals surface area contributed by atoms with Gasteiger partial charge in [0.15, 0.2) is 0 Å². The monoisotopic (exact) mass is 292 g/mol. The predicted molar refractivity (Wildman–Crippen MR) is 63.9 cm³/mol. The molecule has 1 amide bonds. The predicted octanol–water partition coefficient (Wildman–Crippen LogP) is -0.390. The molecular formula is C11H15F3N4O2. The van der Waals surface area contributed by atoms with Crippen molar-refractivity contribution in [1.82, 2.24) is 15.6 Å². The van der Waals surface area contributed by atoms with Gasteiger partial charge in [-0.3, -0.25) is 10.2 Å². The SMILES string of the molecule is NNC(=O)C1NC=C(C(F)(F)F)C=C1N1CCOCC1. The summed E-state index contributed by atoms with van der Waals surface area (Å²) in [5, 5.41) is 2.45. The summed E-state index contributed by atoms with van der Waals surface area (Å²) in [4.78, 5) is 13.4. The number of alkyl halides is 3. The van der Waals surface area contributed by atoms with Gasteiger partial charge >= 0.3 is 6.18 Å². The molecule has 0 bridgehead atoms. The molecule has 0 aromatic rings. The third-order valence-electron chi connectivity index (χ3n) is 3.11. The van der Waals surface area contributed by atoms with Crippen molar-refractivity contribution in [2.75, 3.05) is 26.3 Å². The number of carbonyl (C=O) groups is 1. The quantitative estimate of drug-likeness (QED) is 0.367. The van der Waals surface area contributed by atoms with Crippen molar-refractivity contribution in [3.8, 4) is 0 Å². The van der Waals surface area contributed by atoms with Gasteiger partial charge in [-0.1, -0.05) is 0 Å². The zero-order valence-electron chi connectivity index (χ0n) is 10.5. The van der Waals surface area contributed by atoms with Crippen LogP contribution >= 0.6 is 0 Å². The Hall–Kier alpha value is -1.74. The zero-order valence-corrected chi connectivity index (χ0v) is 10.5. The highest BCUT2D eigenvalue weighted by Gasteiger charge is 2.38. The van der Waals surface area contributed by atoms with Gasteiger partial charge in [0, 0.05) is 25.0 Å². The minimum atomic E-state index is -4.48. The molecule has 2 aliphatic heterocycles. The Morgan fingerprint density at radius 2 is 2.10 bits per heavy atom. The fraction of sp³-hybridized carbons (Fsp3) is 0.545. The smallest absolute Gasteiger partial charge is 0.378 e. The summed E-state index contributed by atoms with van der Waals surface area (Å²) in [5.74, 6) is 4.47. The second-order valence-electron chi connectivity index (χ2n) is 4.37. The van der Waals surface area contributed by atoms with Crippen LogP contribution in [0.3, 0.4) is 0 Å². The Bertz CT molecular complexity index is 441. The molecule has 1 atom stereocenters. The normalized spacial score (nSPS) is 23.6. The van der Waals surface area contributed by atoms with Crippen LogP contribution in [-0.2, 0) is 9.53 Å². The van der Waals surface area contributed by atoms with E-state index in [0.717, 1.165) is 12.3 Å². The van der Waals surface area contributed by atoms with Crippen LogP contribution < -0.4 is 16.6 Å². The highest BCUT2D eigenvalue weighted by atomic mass is 19.4. The summed E-state index contributed by atoms with van der Waals surface area (Å²) in [6, 6.07) is -0.941. The number of nitrogens with zero attached hydrogens (tertiary/aromatic N) is 1. The van der Waals surface area contributed by atoms with Crippen molar-refractivity contribution in [2.24, 2.45) is 5.84 Å². The molecule has 1 fully saturated rings. The molecule has 0 saturated carbocycles. The number of carbonyl (C=O) groups excluding carboxylic acids is 1. The Balaban J connectivity index is 2.28. The maximum absolute atomic E-state index is 12.8. The van der Waals surface area contributed by atoms with E-state index in [9.17, 15) is 18.0 Å². The number of morpholine rings is 1. The molecule has 6 nitrogen and oxygen atoms in total. The van der Waals surface area contributed by atoms with Crippen molar-refractivity contribution in [2.45, 2.75) is 12.2 Å². The summed E-state index contributed by atoms with van der Waals surface area (Å²) in [7, 11) is 0. The van der Waals surface area contributed by atoms with Crippen LogP contribution in [-0.4, -0.2) is 49.3 Å². The summed E-state index contributed by atoms with van der Waals surface area (Å²) in [6.45, 7) is 1.65. The first-order chi connectivity index (χ1) is 9.43. The fourth-order valence-corrected chi connectivity index (χ4v) is 2.10. The Morgan fingerprint density at radius 3 is 2.65 bits per heavy atom. The number of nitrogens with one attached hydrogen (secondary N) is 2. The number of ether oxygens (including phenoxy) is 1. The first kappa shape index (κ1) is 14.7. The van der Waals surface area contributed by atoms with Crippen LogP contribution in [0.25, 0.3) is 0 Å². The molecule has 1 saturated heterocycles. The third kappa shape index (κ3) is 3.05. The molecule has 2 heterocycles. The molecule has 0 aromatic carbocycles. The molecule has 20 heavy (non-hydrogen) atoms. The average molecular weight is 292 g/mol. The Morgan fingerprint density at radius 1 is 1.45 bits per heavy atom. The van der Waals surface area contributed by atoms with E-state index in [0.29, 0.717) is 26.3 Å². The second kappa shape index (κ2) is 5.71. The molecule has 0 aromatic heterocycles. The number of halogens is 3. The van der Waals surface area contributed by atoms with Crippen molar-refractivity contribution in [1.29, 1.82) is 0 Å². The average Bonchev–Trinajstić information content (AvgIpc) is 2.46. The second-order valence-corrected chi connectivity index (χ2v) is 4.37. The van der Waals surface area contributed by atoms with E-state index in [1.54, 1.807) is 4.90 Å². The van der Waals surface area contributed by atoms with Gasteiger partial charge in [-0.15, -0.1) is 0 Å². The molecule has 2 aliphatic rings. The number of nitrogens with two attached hydrogens (primary N) is 1. The van der Waals surface area contributed by atoms with Crippen LogP contribution in [0.1, 0.15) is 0 Å². The van der Waals surface area contributed by atoms with E-state index in [2.05, 4.69) is 5.32 Å². The number of hydrogen-bond acceptors (Lipinski definition) is 5. The van der Waals surface area contributed by atoms with E-state index in [-0.39, 0.29) is 5.70 Å². The van der Waals surface area contributed by atoms with E-state index in [1.807, 2.05) is 5.43 Å². The standard InChI is InChI=1S/C11H15F3N4O2/c12-11(13,14)7-5-8(18-1-3-20-4-2-18)9(16-6-7)10(19)17-15/h5-6,9,16H,1-4,15H2,(H,17,19). The van der Waals surface area contributed by atoms with Crippen LogP contribution in [0.2, 0.25) is 0 Å². The number of dihydropyridines is 1.